The number of piperidine rings is 1. The molecule has 1 aliphatic rings. The predicted octanol–water partition coefficient (Wildman–Crippen LogP) is 3.70. The van der Waals surface area contributed by atoms with Crippen LogP contribution < -0.4 is 0 Å². The third-order valence-electron chi connectivity index (χ3n) is 3.70. The van der Waals surface area contributed by atoms with Gasteiger partial charge in [-0.2, -0.15) is 0 Å². The third-order valence-corrected chi connectivity index (χ3v) is 4.99. The second-order valence-corrected chi connectivity index (χ2v) is 6.99. The van der Waals surface area contributed by atoms with E-state index in [9.17, 15) is 5.11 Å². The van der Waals surface area contributed by atoms with Gasteiger partial charge in [0.25, 0.3) is 0 Å². The molecule has 0 saturated carbocycles. The van der Waals surface area contributed by atoms with Crippen LogP contribution in [0, 0.1) is 0 Å². The van der Waals surface area contributed by atoms with Crippen molar-refractivity contribution >= 4 is 22.9 Å². The van der Waals surface area contributed by atoms with Crippen LogP contribution in [-0.4, -0.2) is 28.6 Å². The van der Waals surface area contributed by atoms with Gasteiger partial charge in [0.1, 0.15) is 6.10 Å². The molecule has 1 atom stereocenters. The number of hydrogen-bond donors (Lipinski definition) is 1. The zero-order chi connectivity index (χ0) is 12.5. The van der Waals surface area contributed by atoms with Crippen molar-refractivity contribution in [2.45, 2.75) is 44.8 Å². The molecule has 0 bridgehead atoms. The summed E-state index contributed by atoms with van der Waals surface area (Å²) >= 11 is 7.41. The summed E-state index contributed by atoms with van der Waals surface area (Å²) in [5.74, 6) is 0. The van der Waals surface area contributed by atoms with Crippen LogP contribution in [0.1, 0.15) is 44.1 Å². The first-order valence-corrected chi connectivity index (χ1v) is 7.39. The Morgan fingerprint density at radius 1 is 1.29 bits per heavy atom. The molecule has 17 heavy (non-hydrogen) atoms. The van der Waals surface area contributed by atoms with Crippen LogP contribution in [0.3, 0.4) is 0 Å². The first-order valence-electron chi connectivity index (χ1n) is 6.20. The molecular formula is C13H20ClNOS. The Morgan fingerprint density at radius 2 is 1.94 bits per heavy atom. The minimum atomic E-state index is -0.460. The fraction of sp³-hybridized carbons (Fsp3) is 0.692. The predicted molar refractivity (Wildman–Crippen MR) is 73.8 cm³/mol. The summed E-state index contributed by atoms with van der Waals surface area (Å²) in [6.07, 6.45) is 3.33. The van der Waals surface area contributed by atoms with Crippen molar-refractivity contribution in [2.24, 2.45) is 0 Å². The summed E-state index contributed by atoms with van der Waals surface area (Å²) in [6.45, 7) is 6.42. The lowest BCUT2D eigenvalue weighted by Crippen LogP contribution is -2.50. The first kappa shape index (κ1) is 13.3. The molecule has 1 aromatic heterocycles. The molecule has 0 spiro atoms. The second-order valence-electron chi connectivity index (χ2n) is 5.25. The third kappa shape index (κ3) is 2.84. The van der Waals surface area contributed by atoms with Gasteiger partial charge in [-0.25, -0.2) is 0 Å². The SMILES string of the molecule is CC(C)(C(O)c1ccc(Cl)s1)N1CCCCC1. The number of likely N-dealkylation sites (tertiary alicyclic amines) is 1. The number of halogens is 1. The van der Waals surface area contributed by atoms with Crippen LogP contribution >= 0.6 is 22.9 Å². The van der Waals surface area contributed by atoms with Crippen LogP contribution in [0.2, 0.25) is 4.34 Å². The van der Waals surface area contributed by atoms with Crippen molar-refractivity contribution in [3.05, 3.63) is 21.3 Å². The Hall–Kier alpha value is -0.0900. The fourth-order valence-corrected chi connectivity index (χ4v) is 3.69. The van der Waals surface area contributed by atoms with Gasteiger partial charge in [0.15, 0.2) is 0 Å². The second kappa shape index (κ2) is 5.27. The number of aliphatic hydroxyl groups is 1. The van der Waals surface area contributed by atoms with Crippen molar-refractivity contribution in [1.82, 2.24) is 4.90 Å². The van der Waals surface area contributed by atoms with Crippen molar-refractivity contribution in [1.29, 1.82) is 0 Å². The summed E-state index contributed by atoms with van der Waals surface area (Å²) in [4.78, 5) is 3.36. The van der Waals surface area contributed by atoms with Crippen LogP contribution in [0.4, 0.5) is 0 Å². The maximum atomic E-state index is 10.5. The van der Waals surface area contributed by atoms with E-state index in [-0.39, 0.29) is 5.54 Å². The van der Waals surface area contributed by atoms with Gasteiger partial charge in [0.2, 0.25) is 0 Å². The highest BCUT2D eigenvalue weighted by molar-refractivity contribution is 7.16. The molecule has 1 unspecified atom stereocenters. The average molecular weight is 274 g/mol. The Kier molecular flexibility index (Phi) is 4.14. The molecule has 1 aromatic rings. The van der Waals surface area contributed by atoms with Crippen molar-refractivity contribution < 1.29 is 5.11 Å². The first-order chi connectivity index (χ1) is 8.01. The zero-order valence-electron chi connectivity index (χ0n) is 10.4. The molecule has 0 aromatic carbocycles. The lowest BCUT2D eigenvalue weighted by Gasteiger charge is -2.43. The van der Waals surface area contributed by atoms with E-state index in [2.05, 4.69) is 18.7 Å². The molecule has 1 fully saturated rings. The Labute approximate surface area is 112 Å². The van der Waals surface area contributed by atoms with Gasteiger partial charge in [-0.1, -0.05) is 18.0 Å². The minimum absolute atomic E-state index is 0.214. The van der Waals surface area contributed by atoms with Crippen LogP contribution in [0.5, 0.6) is 0 Å². The largest absolute Gasteiger partial charge is 0.386 e. The Morgan fingerprint density at radius 3 is 2.47 bits per heavy atom. The Bertz CT molecular complexity index is 371. The summed E-state index contributed by atoms with van der Waals surface area (Å²) in [5.41, 5.74) is -0.214. The van der Waals surface area contributed by atoms with Gasteiger partial charge in [0, 0.05) is 10.4 Å². The van der Waals surface area contributed by atoms with E-state index in [0.29, 0.717) is 0 Å². The molecule has 1 N–H and O–H groups in total. The molecule has 2 heterocycles. The van der Waals surface area contributed by atoms with E-state index in [0.717, 1.165) is 22.3 Å². The van der Waals surface area contributed by atoms with Crippen LogP contribution in [0.25, 0.3) is 0 Å². The molecule has 2 rings (SSSR count). The number of hydrogen-bond acceptors (Lipinski definition) is 3. The highest BCUT2D eigenvalue weighted by Gasteiger charge is 2.36. The molecule has 4 heteroatoms. The minimum Gasteiger partial charge on any atom is -0.386 e. The van der Waals surface area contributed by atoms with Gasteiger partial charge < -0.3 is 5.11 Å². The average Bonchev–Trinajstić information content (AvgIpc) is 2.76. The molecular weight excluding hydrogens is 254 g/mol. The van der Waals surface area contributed by atoms with Crippen LogP contribution in [-0.2, 0) is 0 Å². The summed E-state index contributed by atoms with van der Waals surface area (Å²) in [5, 5.41) is 10.5. The summed E-state index contributed by atoms with van der Waals surface area (Å²) in [7, 11) is 0. The van der Waals surface area contributed by atoms with Gasteiger partial charge in [-0.05, 0) is 51.9 Å². The maximum Gasteiger partial charge on any atom is 0.106 e. The van der Waals surface area contributed by atoms with E-state index < -0.39 is 6.10 Å². The number of aliphatic hydroxyl groups excluding tert-OH is 1. The highest BCUT2D eigenvalue weighted by atomic mass is 35.5. The molecule has 0 aliphatic carbocycles. The molecule has 2 nitrogen and oxygen atoms in total. The van der Waals surface area contributed by atoms with E-state index in [1.165, 1.54) is 30.6 Å². The van der Waals surface area contributed by atoms with E-state index in [1.54, 1.807) is 0 Å². The van der Waals surface area contributed by atoms with E-state index >= 15 is 0 Å². The molecule has 1 saturated heterocycles. The fourth-order valence-electron chi connectivity index (χ4n) is 2.47. The summed E-state index contributed by atoms with van der Waals surface area (Å²) in [6, 6.07) is 3.79. The molecule has 1 aliphatic heterocycles. The standard InChI is InChI=1S/C13H20ClNOS/c1-13(2,15-8-4-3-5-9-15)12(16)10-6-7-11(14)17-10/h6-7,12,16H,3-5,8-9H2,1-2H3. The van der Waals surface area contributed by atoms with E-state index in [1.807, 2.05) is 12.1 Å². The monoisotopic (exact) mass is 273 g/mol. The lowest BCUT2D eigenvalue weighted by molar-refractivity contribution is -0.0190. The summed E-state index contributed by atoms with van der Waals surface area (Å²) < 4.78 is 0.744. The van der Waals surface area contributed by atoms with Crippen molar-refractivity contribution in [3.8, 4) is 0 Å². The maximum absolute atomic E-state index is 10.5. The number of thiophene rings is 1. The van der Waals surface area contributed by atoms with Crippen molar-refractivity contribution in [2.75, 3.05) is 13.1 Å². The van der Waals surface area contributed by atoms with Crippen LogP contribution in [0.15, 0.2) is 12.1 Å². The van der Waals surface area contributed by atoms with Gasteiger partial charge >= 0.3 is 0 Å². The quantitative estimate of drug-likeness (QED) is 0.908. The Balaban J connectivity index is 2.13. The van der Waals surface area contributed by atoms with Crippen molar-refractivity contribution in [3.63, 3.8) is 0 Å². The smallest absolute Gasteiger partial charge is 0.106 e. The van der Waals surface area contributed by atoms with Gasteiger partial charge in [-0.3, -0.25) is 4.90 Å². The zero-order valence-corrected chi connectivity index (χ0v) is 12.0. The molecule has 0 amide bonds. The van der Waals surface area contributed by atoms with Gasteiger partial charge in [-0.15, -0.1) is 11.3 Å². The van der Waals surface area contributed by atoms with E-state index in [4.69, 9.17) is 11.6 Å². The lowest BCUT2D eigenvalue weighted by atomic mass is 9.91. The normalized spacial score (nSPS) is 20.5. The van der Waals surface area contributed by atoms with Gasteiger partial charge in [0.05, 0.1) is 4.34 Å². The molecule has 0 radical (unpaired) electrons. The topological polar surface area (TPSA) is 23.5 Å². The highest BCUT2D eigenvalue weighted by Crippen LogP contribution is 2.37. The number of rotatable bonds is 3. The molecule has 96 valence electrons. The number of nitrogens with zero attached hydrogens (tertiary/aromatic N) is 1.